The van der Waals surface area contributed by atoms with E-state index in [9.17, 15) is 4.79 Å². The second kappa shape index (κ2) is 6.27. The number of aryl methyl sites for hydroxylation is 1. The molecule has 0 amide bonds. The molecular formula is C11H15NO2. The Morgan fingerprint density at radius 3 is 2.93 bits per heavy atom. The molecule has 1 N–H and O–H groups in total. The molecule has 1 aromatic rings. The molecule has 0 aromatic carbocycles. The lowest BCUT2D eigenvalue weighted by molar-refractivity contribution is 0.111. The van der Waals surface area contributed by atoms with E-state index in [1.54, 1.807) is 6.20 Å². The van der Waals surface area contributed by atoms with E-state index in [1.807, 2.05) is 12.1 Å². The Morgan fingerprint density at radius 1 is 1.36 bits per heavy atom. The lowest BCUT2D eigenvalue weighted by Crippen LogP contribution is -1.96. The highest BCUT2D eigenvalue weighted by atomic mass is 16.2. The van der Waals surface area contributed by atoms with Gasteiger partial charge in [0.25, 0.3) is 0 Å². The minimum Gasteiger partial charge on any atom is -0.396 e. The molecule has 0 aliphatic rings. The van der Waals surface area contributed by atoms with E-state index in [2.05, 4.69) is 4.98 Å². The lowest BCUT2D eigenvalue weighted by Gasteiger charge is -2.02. The van der Waals surface area contributed by atoms with E-state index < -0.39 is 0 Å². The van der Waals surface area contributed by atoms with E-state index in [0.29, 0.717) is 5.69 Å². The maximum atomic E-state index is 10.6. The zero-order valence-electron chi connectivity index (χ0n) is 8.15. The second-order valence-electron chi connectivity index (χ2n) is 3.20. The molecule has 0 saturated carbocycles. The van der Waals surface area contributed by atoms with Gasteiger partial charge in [-0.15, -0.1) is 0 Å². The summed E-state index contributed by atoms with van der Waals surface area (Å²) in [6.07, 6.45) is 6.09. The topological polar surface area (TPSA) is 50.2 Å². The van der Waals surface area contributed by atoms with Gasteiger partial charge in [0.05, 0.1) is 0 Å². The molecule has 0 fully saturated rings. The van der Waals surface area contributed by atoms with Crippen molar-refractivity contribution in [1.29, 1.82) is 0 Å². The molecule has 3 heteroatoms. The molecule has 0 aliphatic carbocycles. The molecule has 0 radical (unpaired) electrons. The van der Waals surface area contributed by atoms with Gasteiger partial charge in [0.2, 0.25) is 0 Å². The summed E-state index contributed by atoms with van der Waals surface area (Å²) in [6, 6.07) is 3.77. The predicted molar refractivity (Wildman–Crippen MR) is 54.3 cm³/mol. The summed E-state index contributed by atoms with van der Waals surface area (Å²) in [6.45, 7) is 0.244. The number of hydrogen-bond acceptors (Lipinski definition) is 3. The van der Waals surface area contributed by atoms with Crippen molar-refractivity contribution in [1.82, 2.24) is 4.98 Å². The minimum atomic E-state index is 0.244. The van der Waals surface area contributed by atoms with E-state index >= 15 is 0 Å². The smallest absolute Gasteiger partial charge is 0.168 e. The van der Waals surface area contributed by atoms with Gasteiger partial charge < -0.3 is 5.11 Å². The van der Waals surface area contributed by atoms with E-state index in [4.69, 9.17) is 5.11 Å². The van der Waals surface area contributed by atoms with Gasteiger partial charge in [-0.3, -0.25) is 9.78 Å². The maximum Gasteiger partial charge on any atom is 0.168 e. The van der Waals surface area contributed by atoms with Crippen LogP contribution in [0.15, 0.2) is 18.3 Å². The third-order valence-corrected chi connectivity index (χ3v) is 2.14. The fourth-order valence-electron chi connectivity index (χ4n) is 1.37. The Labute approximate surface area is 83.8 Å². The van der Waals surface area contributed by atoms with Crippen molar-refractivity contribution in [3.8, 4) is 0 Å². The fraction of sp³-hybridized carbons (Fsp3) is 0.455. The van der Waals surface area contributed by atoms with Crippen LogP contribution in [0.1, 0.15) is 35.3 Å². The predicted octanol–water partition coefficient (Wildman–Crippen LogP) is 1.60. The first-order valence-corrected chi connectivity index (χ1v) is 4.88. The summed E-state index contributed by atoms with van der Waals surface area (Å²) in [7, 11) is 0. The van der Waals surface area contributed by atoms with Gasteiger partial charge in [0.15, 0.2) is 6.29 Å². The lowest BCUT2D eigenvalue weighted by atomic mass is 10.1. The average Bonchev–Trinajstić information content (AvgIpc) is 2.25. The Kier molecular flexibility index (Phi) is 4.86. The van der Waals surface area contributed by atoms with Crippen LogP contribution >= 0.6 is 0 Å². The number of aliphatic hydroxyl groups excluding tert-OH is 1. The second-order valence-corrected chi connectivity index (χ2v) is 3.20. The molecular weight excluding hydrogens is 178 g/mol. The molecule has 0 saturated heterocycles. The molecule has 0 atom stereocenters. The van der Waals surface area contributed by atoms with Crippen molar-refractivity contribution in [3.63, 3.8) is 0 Å². The molecule has 3 nitrogen and oxygen atoms in total. The summed E-state index contributed by atoms with van der Waals surface area (Å²) >= 11 is 0. The van der Waals surface area contributed by atoms with E-state index in [1.165, 1.54) is 0 Å². The molecule has 0 bridgehead atoms. The number of carbonyl (C=O) groups excluding carboxylic acids is 1. The van der Waals surface area contributed by atoms with Gasteiger partial charge in [-0.25, -0.2) is 0 Å². The Balaban J connectivity index is 2.45. The monoisotopic (exact) mass is 193 g/mol. The van der Waals surface area contributed by atoms with Crippen LogP contribution in [0.5, 0.6) is 0 Å². The summed E-state index contributed by atoms with van der Waals surface area (Å²) in [4.78, 5) is 14.6. The first-order chi connectivity index (χ1) is 6.88. The van der Waals surface area contributed by atoms with Gasteiger partial charge >= 0.3 is 0 Å². The number of nitrogens with zero attached hydrogens (tertiary/aromatic N) is 1. The number of aliphatic hydroxyl groups is 1. The number of pyridine rings is 1. The van der Waals surface area contributed by atoms with Gasteiger partial charge in [-0.05, 0) is 30.9 Å². The molecule has 1 rings (SSSR count). The summed E-state index contributed by atoms with van der Waals surface area (Å²) in [5.41, 5.74) is 1.54. The summed E-state index contributed by atoms with van der Waals surface area (Å²) < 4.78 is 0. The highest BCUT2D eigenvalue weighted by molar-refractivity contribution is 5.73. The number of rotatable bonds is 6. The standard InChI is InChI=1S/C11H15NO2/c13-8-3-1-2-5-10-6-4-7-12-11(10)9-14/h4,6-7,9,13H,1-3,5,8H2. The number of unbranched alkanes of at least 4 members (excludes halogenated alkanes) is 2. The third-order valence-electron chi connectivity index (χ3n) is 2.14. The van der Waals surface area contributed by atoms with Crippen molar-refractivity contribution in [2.45, 2.75) is 25.7 Å². The molecule has 14 heavy (non-hydrogen) atoms. The number of hydrogen-bond donors (Lipinski definition) is 1. The molecule has 0 spiro atoms. The van der Waals surface area contributed by atoms with Gasteiger partial charge in [-0.1, -0.05) is 12.5 Å². The molecule has 1 heterocycles. The SMILES string of the molecule is O=Cc1ncccc1CCCCCO. The highest BCUT2D eigenvalue weighted by Gasteiger charge is 2.00. The van der Waals surface area contributed by atoms with Gasteiger partial charge in [0, 0.05) is 12.8 Å². The van der Waals surface area contributed by atoms with Crippen LogP contribution in [0.25, 0.3) is 0 Å². The van der Waals surface area contributed by atoms with Crippen LogP contribution in [-0.4, -0.2) is 23.0 Å². The van der Waals surface area contributed by atoms with Crippen molar-refractivity contribution in [2.75, 3.05) is 6.61 Å². The quantitative estimate of drug-likeness (QED) is 0.551. The van der Waals surface area contributed by atoms with Crippen molar-refractivity contribution in [3.05, 3.63) is 29.6 Å². The largest absolute Gasteiger partial charge is 0.396 e. The Hall–Kier alpha value is -1.22. The first-order valence-electron chi connectivity index (χ1n) is 4.88. The molecule has 0 aliphatic heterocycles. The van der Waals surface area contributed by atoms with Crippen molar-refractivity contribution >= 4 is 6.29 Å². The maximum absolute atomic E-state index is 10.6. The van der Waals surface area contributed by atoms with Crippen molar-refractivity contribution < 1.29 is 9.90 Å². The van der Waals surface area contributed by atoms with Gasteiger partial charge in [-0.2, -0.15) is 0 Å². The van der Waals surface area contributed by atoms with Gasteiger partial charge in [0.1, 0.15) is 5.69 Å². The van der Waals surface area contributed by atoms with Crippen LogP contribution in [0.4, 0.5) is 0 Å². The molecule has 76 valence electrons. The first kappa shape index (κ1) is 10.9. The minimum absolute atomic E-state index is 0.244. The summed E-state index contributed by atoms with van der Waals surface area (Å²) in [5, 5.41) is 8.60. The highest BCUT2D eigenvalue weighted by Crippen LogP contribution is 2.08. The van der Waals surface area contributed by atoms with Crippen LogP contribution in [0.2, 0.25) is 0 Å². The molecule has 0 unspecified atom stereocenters. The van der Waals surface area contributed by atoms with Crippen LogP contribution in [-0.2, 0) is 6.42 Å². The van der Waals surface area contributed by atoms with Crippen LogP contribution in [0.3, 0.4) is 0 Å². The van der Waals surface area contributed by atoms with E-state index in [0.717, 1.165) is 37.5 Å². The van der Waals surface area contributed by atoms with Crippen LogP contribution < -0.4 is 0 Å². The molecule has 1 aromatic heterocycles. The zero-order chi connectivity index (χ0) is 10.2. The summed E-state index contributed by atoms with van der Waals surface area (Å²) in [5.74, 6) is 0. The Bertz CT molecular complexity index is 286. The number of carbonyl (C=O) groups is 1. The third kappa shape index (κ3) is 3.26. The number of aromatic nitrogens is 1. The Morgan fingerprint density at radius 2 is 2.21 bits per heavy atom. The normalized spacial score (nSPS) is 10.1. The van der Waals surface area contributed by atoms with Crippen molar-refractivity contribution in [2.24, 2.45) is 0 Å². The zero-order valence-corrected chi connectivity index (χ0v) is 8.15. The van der Waals surface area contributed by atoms with Crippen LogP contribution in [0, 0.1) is 0 Å². The van der Waals surface area contributed by atoms with E-state index in [-0.39, 0.29) is 6.61 Å². The fourth-order valence-corrected chi connectivity index (χ4v) is 1.37. The average molecular weight is 193 g/mol. The number of aldehydes is 1.